The number of aryl methyl sites for hydroxylation is 1. The Bertz CT molecular complexity index is 1120. The van der Waals surface area contributed by atoms with Crippen LogP contribution in [0.2, 0.25) is 0 Å². The summed E-state index contributed by atoms with van der Waals surface area (Å²) in [5, 5.41) is 7.57. The zero-order valence-electron chi connectivity index (χ0n) is 17.4. The summed E-state index contributed by atoms with van der Waals surface area (Å²) in [5.41, 5.74) is 4.12. The number of piperazine rings is 1. The molecule has 8 heteroatoms. The highest BCUT2D eigenvalue weighted by atomic mass is 32.2. The van der Waals surface area contributed by atoms with Crippen molar-refractivity contribution in [1.29, 1.82) is 0 Å². The normalized spacial score (nSPS) is 16.0. The Morgan fingerprint density at radius 1 is 1.03 bits per heavy atom. The van der Waals surface area contributed by atoms with Crippen LogP contribution >= 0.6 is 11.3 Å². The van der Waals surface area contributed by atoms with Crippen molar-refractivity contribution in [3.05, 3.63) is 82.2 Å². The Labute approximate surface area is 187 Å². The molecule has 1 aliphatic heterocycles. The Kier molecular flexibility index (Phi) is 6.82. The SMILES string of the molecule is Cc1ccc(Nc2nc(CN3CCN(S(=O)(=O)C=Cc4ccccc4)CC3)cs2)cc1. The number of benzene rings is 2. The first-order valence-corrected chi connectivity index (χ1v) is 12.6. The van der Waals surface area contributed by atoms with Crippen LogP contribution in [-0.4, -0.2) is 48.8 Å². The lowest BCUT2D eigenvalue weighted by molar-refractivity contribution is 0.181. The van der Waals surface area contributed by atoms with Gasteiger partial charge in [-0.2, -0.15) is 4.31 Å². The molecule has 0 spiro atoms. The number of nitrogens with zero attached hydrogens (tertiary/aromatic N) is 3. The van der Waals surface area contributed by atoms with Gasteiger partial charge in [0, 0.05) is 49.2 Å². The van der Waals surface area contributed by atoms with Gasteiger partial charge in [-0.3, -0.25) is 4.90 Å². The van der Waals surface area contributed by atoms with Crippen molar-refractivity contribution in [2.24, 2.45) is 0 Å². The van der Waals surface area contributed by atoms with Gasteiger partial charge in [-0.15, -0.1) is 11.3 Å². The molecular formula is C23H26N4O2S2. The fraction of sp³-hybridized carbons (Fsp3) is 0.261. The standard InChI is InChI=1S/C23H26N4O2S2/c1-19-7-9-21(10-8-19)24-23-25-22(18-30-23)17-26-12-14-27(15-13-26)31(28,29)16-11-20-5-3-2-4-6-20/h2-11,16,18H,12-15,17H2,1H3,(H,24,25). The maximum absolute atomic E-state index is 12.6. The average molecular weight is 455 g/mol. The Balaban J connectivity index is 1.29. The van der Waals surface area contributed by atoms with E-state index < -0.39 is 10.0 Å². The molecule has 4 rings (SSSR count). The number of thiazole rings is 1. The molecule has 1 aromatic heterocycles. The van der Waals surface area contributed by atoms with E-state index >= 15 is 0 Å². The van der Waals surface area contributed by atoms with Crippen LogP contribution in [0.5, 0.6) is 0 Å². The van der Waals surface area contributed by atoms with Crippen LogP contribution < -0.4 is 5.32 Å². The fourth-order valence-corrected chi connectivity index (χ4v) is 5.28. The van der Waals surface area contributed by atoms with Crippen molar-refractivity contribution in [2.45, 2.75) is 13.5 Å². The van der Waals surface area contributed by atoms with Gasteiger partial charge in [0.15, 0.2) is 5.13 Å². The van der Waals surface area contributed by atoms with Crippen LogP contribution in [0.4, 0.5) is 10.8 Å². The molecule has 0 saturated carbocycles. The fourth-order valence-electron chi connectivity index (χ4n) is 3.38. The van der Waals surface area contributed by atoms with E-state index in [4.69, 9.17) is 0 Å². The van der Waals surface area contributed by atoms with Crippen molar-refractivity contribution < 1.29 is 8.42 Å². The smallest absolute Gasteiger partial charge is 0.236 e. The minimum absolute atomic E-state index is 0.486. The highest BCUT2D eigenvalue weighted by Crippen LogP contribution is 2.22. The van der Waals surface area contributed by atoms with Crippen molar-refractivity contribution in [3.63, 3.8) is 0 Å². The molecule has 0 aliphatic carbocycles. The van der Waals surface area contributed by atoms with Gasteiger partial charge in [0.2, 0.25) is 10.0 Å². The molecule has 31 heavy (non-hydrogen) atoms. The third kappa shape index (κ3) is 6.01. The summed E-state index contributed by atoms with van der Waals surface area (Å²) < 4.78 is 26.8. The predicted molar refractivity (Wildman–Crippen MR) is 128 cm³/mol. The first-order valence-electron chi connectivity index (χ1n) is 10.2. The quantitative estimate of drug-likeness (QED) is 0.576. The van der Waals surface area contributed by atoms with E-state index in [0.717, 1.165) is 28.6 Å². The Morgan fingerprint density at radius 2 is 1.74 bits per heavy atom. The topological polar surface area (TPSA) is 65.5 Å². The average Bonchev–Trinajstić information content (AvgIpc) is 3.22. The number of aromatic nitrogens is 1. The minimum atomic E-state index is -3.41. The summed E-state index contributed by atoms with van der Waals surface area (Å²) in [5.74, 6) is 0. The van der Waals surface area contributed by atoms with E-state index in [2.05, 4.69) is 39.6 Å². The predicted octanol–water partition coefficient (Wildman–Crippen LogP) is 4.31. The molecule has 0 atom stereocenters. The molecule has 6 nitrogen and oxygen atoms in total. The largest absolute Gasteiger partial charge is 0.332 e. The van der Waals surface area contributed by atoms with Gasteiger partial charge >= 0.3 is 0 Å². The second kappa shape index (κ2) is 9.74. The van der Waals surface area contributed by atoms with E-state index in [-0.39, 0.29) is 0 Å². The summed E-state index contributed by atoms with van der Waals surface area (Å²) in [6.45, 7) is 5.14. The lowest BCUT2D eigenvalue weighted by Crippen LogP contribution is -2.47. The zero-order chi connectivity index (χ0) is 21.7. The van der Waals surface area contributed by atoms with Crippen molar-refractivity contribution in [2.75, 3.05) is 31.5 Å². The third-order valence-electron chi connectivity index (χ3n) is 5.16. The summed E-state index contributed by atoms with van der Waals surface area (Å²) in [7, 11) is -3.41. The molecule has 2 heterocycles. The number of anilines is 2. The van der Waals surface area contributed by atoms with Gasteiger partial charge in [-0.05, 0) is 30.7 Å². The van der Waals surface area contributed by atoms with E-state index in [0.29, 0.717) is 26.2 Å². The maximum Gasteiger partial charge on any atom is 0.236 e. The first kappa shape index (κ1) is 21.7. The number of hydrogen-bond acceptors (Lipinski definition) is 6. The maximum atomic E-state index is 12.6. The Hall–Kier alpha value is -2.52. The highest BCUT2D eigenvalue weighted by Gasteiger charge is 2.25. The molecule has 1 N–H and O–H groups in total. The molecule has 3 aromatic rings. The van der Waals surface area contributed by atoms with Gasteiger partial charge in [-0.25, -0.2) is 13.4 Å². The number of nitrogens with one attached hydrogen (secondary N) is 1. The van der Waals surface area contributed by atoms with Crippen molar-refractivity contribution in [3.8, 4) is 0 Å². The van der Waals surface area contributed by atoms with Gasteiger partial charge in [-0.1, -0.05) is 48.0 Å². The van der Waals surface area contributed by atoms with Crippen LogP contribution in [0.25, 0.3) is 6.08 Å². The molecule has 1 fully saturated rings. The zero-order valence-corrected chi connectivity index (χ0v) is 19.1. The summed E-state index contributed by atoms with van der Waals surface area (Å²) >= 11 is 1.58. The monoisotopic (exact) mass is 454 g/mol. The lowest BCUT2D eigenvalue weighted by atomic mass is 10.2. The second-order valence-corrected chi connectivity index (χ2v) is 10.2. The Morgan fingerprint density at radius 3 is 2.45 bits per heavy atom. The molecule has 162 valence electrons. The van der Waals surface area contributed by atoms with Crippen LogP contribution in [0.3, 0.4) is 0 Å². The molecule has 2 aromatic carbocycles. The summed E-state index contributed by atoms with van der Waals surface area (Å²) in [6.07, 6.45) is 1.65. The minimum Gasteiger partial charge on any atom is -0.332 e. The second-order valence-electron chi connectivity index (χ2n) is 7.57. The molecule has 0 radical (unpaired) electrons. The molecule has 0 amide bonds. The van der Waals surface area contributed by atoms with Gasteiger partial charge < -0.3 is 5.32 Å². The van der Waals surface area contributed by atoms with Gasteiger partial charge in [0.25, 0.3) is 0 Å². The summed E-state index contributed by atoms with van der Waals surface area (Å²) in [4.78, 5) is 6.92. The van der Waals surface area contributed by atoms with Crippen molar-refractivity contribution in [1.82, 2.24) is 14.2 Å². The lowest BCUT2D eigenvalue weighted by Gasteiger charge is -2.32. The van der Waals surface area contributed by atoms with E-state index in [9.17, 15) is 8.42 Å². The number of sulfonamides is 1. The molecule has 0 bridgehead atoms. The summed E-state index contributed by atoms with van der Waals surface area (Å²) in [6, 6.07) is 17.7. The van der Waals surface area contributed by atoms with Crippen LogP contribution in [-0.2, 0) is 16.6 Å². The molecular weight excluding hydrogens is 428 g/mol. The number of rotatable bonds is 7. The van der Waals surface area contributed by atoms with Crippen LogP contribution in [0, 0.1) is 6.92 Å². The van der Waals surface area contributed by atoms with Gasteiger partial charge in [0.05, 0.1) is 5.69 Å². The molecule has 0 unspecified atom stereocenters. The van der Waals surface area contributed by atoms with Crippen LogP contribution in [0.1, 0.15) is 16.8 Å². The number of hydrogen-bond donors (Lipinski definition) is 1. The molecule has 1 aliphatic rings. The van der Waals surface area contributed by atoms with E-state index in [1.807, 2.05) is 42.5 Å². The van der Waals surface area contributed by atoms with E-state index in [1.54, 1.807) is 21.7 Å². The van der Waals surface area contributed by atoms with Crippen molar-refractivity contribution >= 4 is 38.3 Å². The van der Waals surface area contributed by atoms with Crippen LogP contribution in [0.15, 0.2) is 65.4 Å². The molecule has 1 saturated heterocycles. The van der Waals surface area contributed by atoms with Gasteiger partial charge in [0.1, 0.15) is 0 Å². The highest BCUT2D eigenvalue weighted by molar-refractivity contribution is 7.92. The van der Waals surface area contributed by atoms with E-state index in [1.165, 1.54) is 11.0 Å². The third-order valence-corrected chi connectivity index (χ3v) is 7.53. The first-order chi connectivity index (χ1) is 15.0.